The monoisotopic (exact) mass is 475 g/mol. The van der Waals surface area contributed by atoms with E-state index < -0.39 is 31.6 Å². The Kier molecular flexibility index (Phi) is 6.36. The maximum Gasteiger partial charge on any atom is 0.407 e. The topological polar surface area (TPSA) is 130 Å². The number of sulfonamides is 1. The number of halogens is 2. The Bertz CT molecular complexity index is 1100. The second kappa shape index (κ2) is 8.64. The quantitative estimate of drug-likeness (QED) is 0.515. The molecule has 1 amide bonds. The lowest BCUT2D eigenvalue weighted by atomic mass is 10.3. The summed E-state index contributed by atoms with van der Waals surface area (Å²) >= 11 is 12.0. The number of carbonyl (C=O) groups is 1. The molecular formula is C17H15Cl2N3O7S. The fraction of sp³-hybridized carbons (Fsp3) is 0.235. The smallest absolute Gasteiger partial charge is 0.407 e. The number of rotatable bonds is 5. The number of benzene rings is 2. The van der Waals surface area contributed by atoms with E-state index in [1.165, 1.54) is 18.2 Å². The zero-order valence-electron chi connectivity index (χ0n) is 15.2. The summed E-state index contributed by atoms with van der Waals surface area (Å²) < 4.78 is 33.1. The first kappa shape index (κ1) is 22.1. The molecule has 10 nitrogen and oxygen atoms in total. The number of non-ortho nitro benzene ring substituents is 1. The molecule has 1 saturated heterocycles. The summed E-state index contributed by atoms with van der Waals surface area (Å²) in [6, 6.07) is 7.53. The van der Waals surface area contributed by atoms with Crippen LogP contribution in [0.2, 0.25) is 10.0 Å². The van der Waals surface area contributed by atoms with Gasteiger partial charge in [0.1, 0.15) is 16.4 Å². The molecule has 0 aromatic heterocycles. The van der Waals surface area contributed by atoms with Crippen molar-refractivity contribution in [2.45, 2.75) is 4.90 Å². The summed E-state index contributed by atoms with van der Waals surface area (Å²) in [7, 11) is -4.23. The molecule has 1 heterocycles. The molecule has 1 aliphatic rings. The molecule has 2 aromatic rings. The van der Waals surface area contributed by atoms with Gasteiger partial charge in [0.05, 0.1) is 9.95 Å². The van der Waals surface area contributed by atoms with E-state index in [0.29, 0.717) is 5.02 Å². The van der Waals surface area contributed by atoms with E-state index in [-0.39, 0.29) is 42.7 Å². The Balaban J connectivity index is 2.01. The molecule has 2 aromatic carbocycles. The number of carboxylic acid groups (broad SMARTS) is 1. The van der Waals surface area contributed by atoms with Crippen LogP contribution in [0.3, 0.4) is 0 Å². The van der Waals surface area contributed by atoms with Crippen LogP contribution in [-0.2, 0) is 10.0 Å². The molecule has 30 heavy (non-hydrogen) atoms. The van der Waals surface area contributed by atoms with Crippen LogP contribution >= 0.6 is 23.2 Å². The van der Waals surface area contributed by atoms with Crippen molar-refractivity contribution >= 4 is 45.0 Å². The molecular weight excluding hydrogens is 461 g/mol. The minimum atomic E-state index is -4.23. The maximum absolute atomic E-state index is 13.2. The second-order valence-electron chi connectivity index (χ2n) is 6.24. The highest BCUT2D eigenvalue weighted by atomic mass is 35.5. The van der Waals surface area contributed by atoms with Crippen LogP contribution < -0.4 is 4.74 Å². The van der Waals surface area contributed by atoms with Gasteiger partial charge >= 0.3 is 6.09 Å². The molecule has 0 atom stereocenters. The molecule has 0 bridgehead atoms. The first-order chi connectivity index (χ1) is 14.1. The predicted octanol–water partition coefficient (Wildman–Crippen LogP) is 3.68. The van der Waals surface area contributed by atoms with Crippen molar-refractivity contribution in [3.63, 3.8) is 0 Å². The third-order valence-corrected chi connectivity index (χ3v) is 6.85. The van der Waals surface area contributed by atoms with Gasteiger partial charge in [0.2, 0.25) is 10.0 Å². The van der Waals surface area contributed by atoms with Crippen molar-refractivity contribution in [3.05, 3.63) is 56.6 Å². The highest BCUT2D eigenvalue weighted by molar-refractivity contribution is 7.89. The van der Waals surface area contributed by atoms with Gasteiger partial charge in [-0.3, -0.25) is 10.1 Å². The summed E-state index contributed by atoms with van der Waals surface area (Å²) in [6.45, 7) is -0.261. The summed E-state index contributed by atoms with van der Waals surface area (Å²) in [5.41, 5.74) is -0.442. The van der Waals surface area contributed by atoms with Crippen LogP contribution in [0.5, 0.6) is 11.5 Å². The van der Waals surface area contributed by atoms with Gasteiger partial charge in [-0.15, -0.1) is 0 Å². The number of hydrogen-bond acceptors (Lipinski definition) is 6. The molecule has 0 saturated carbocycles. The zero-order valence-corrected chi connectivity index (χ0v) is 17.5. The fourth-order valence-electron chi connectivity index (χ4n) is 2.83. The van der Waals surface area contributed by atoms with E-state index in [1.807, 2.05) is 0 Å². The summed E-state index contributed by atoms with van der Waals surface area (Å²) in [4.78, 5) is 22.2. The summed E-state index contributed by atoms with van der Waals surface area (Å²) in [5.74, 6) is -0.101. The van der Waals surface area contributed by atoms with Gasteiger partial charge in [-0.25, -0.2) is 13.2 Å². The minimum Gasteiger partial charge on any atom is -0.465 e. The van der Waals surface area contributed by atoms with Gasteiger partial charge in [-0.1, -0.05) is 23.2 Å². The molecule has 1 fully saturated rings. The maximum atomic E-state index is 13.2. The third kappa shape index (κ3) is 4.59. The van der Waals surface area contributed by atoms with Crippen LogP contribution in [0, 0.1) is 10.1 Å². The SMILES string of the molecule is O=C(O)N1CCN(S(=O)(=O)c2cc([N+](=O)[O-])ccc2Oc2cc(Cl)ccc2Cl)CC1. The Hall–Kier alpha value is -2.60. The van der Waals surface area contributed by atoms with Gasteiger partial charge < -0.3 is 14.7 Å². The number of amides is 1. The highest BCUT2D eigenvalue weighted by Gasteiger charge is 2.33. The lowest BCUT2D eigenvalue weighted by Crippen LogP contribution is -2.50. The number of nitrogens with zero attached hydrogens (tertiary/aromatic N) is 3. The van der Waals surface area contributed by atoms with Crippen molar-refractivity contribution in [3.8, 4) is 11.5 Å². The summed E-state index contributed by atoms with van der Waals surface area (Å²) in [6.07, 6.45) is -1.15. The van der Waals surface area contributed by atoms with Crippen LogP contribution in [-0.4, -0.2) is 59.9 Å². The molecule has 3 rings (SSSR count). The number of nitro groups is 1. The van der Waals surface area contributed by atoms with Crippen LogP contribution in [0.25, 0.3) is 0 Å². The second-order valence-corrected chi connectivity index (χ2v) is 8.99. The summed E-state index contributed by atoms with van der Waals surface area (Å²) in [5, 5.41) is 20.7. The molecule has 0 radical (unpaired) electrons. The molecule has 0 spiro atoms. The molecule has 160 valence electrons. The molecule has 0 aliphatic carbocycles. The van der Waals surface area contributed by atoms with E-state index in [0.717, 1.165) is 27.4 Å². The van der Waals surface area contributed by atoms with Gasteiger partial charge in [0.15, 0.2) is 0 Å². The Morgan fingerprint density at radius 2 is 1.73 bits per heavy atom. The van der Waals surface area contributed by atoms with Gasteiger partial charge in [-0.05, 0) is 18.2 Å². The normalized spacial score (nSPS) is 15.1. The average molecular weight is 476 g/mol. The average Bonchev–Trinajstić information content (AvgIpc) is 2.70. The van der Waals surface area contributed by atoms with Crippen molar-refractivity contribution in [1.82, 2.24) is 9.21 Å². The van der Waals surface area contributed by atoms with Crippen molar-refractivity contribution in [2.24, 2.45) is 0 Å². The van der Waals surface area contributed by atoms with E-state index in [4.69, 9.17) is 33.0 Å². The van der Waals surface area contributed by atoms with Crippen LogP contribution in [0.15, 0.2) is 41.3 Å². The molecule has 0 unspecified atom stereocenters. The number of ether oxygens (including phenoxy) is 1. The van der Waals surface area contributed by atoms with E-state index in [2.05, 4.69) is 0 Å². The van der Waals surface area contributed by atoms with E-state index in [9.17, 15) is 23.3 Å². The van der Waals surface area contributed by atoms with E-state index >= 15 is 0 Å². The third-order valence-electron chi connectivity index (χ3n) is 4.38. The predicted molar refractivity (Wildman–Crippen MR) is 108 cm³/mol. The number of piperazine rings is 1. The number of nitro benzene ring substituents is 1. The Labute approximate surface area is 181 Å². The first-order valence-electron chi connectivity index (χ1n) is 8.49. The Morgan fingerprint density at radius 3 is 2.33 bits per heavy atom. The van der Waals surface area contributed by atoms with Crippen molar-refractivity contribution < 1.29 is 28.0 Å². The largest absolute Gasteiger partial charge is 0.465 e. The Morgan fingerprint density at radius 1 is 1.07 bits per heavy atom. The lowest BCUT2D eigenvalue weighted by molar-refractivity contribution is -0.385. The van der Waals surface area contributed by atoms with Gasteiger partial charge in [0, 0.05) is 49.4 Å². The van der Waals surface area contributed by atoms with Gasteiger partial charge in [-0.2, -0.15) is 4.31 Å². The van der Waals surface area contributed by atoms with Crippen molar-refractivity contribution in [1.29, 1.82) is 0 Å². The number of hydrogen-bond donors (Lipinski definition) is 1. The molecule has 1 aliphatic heterocycles. The van der Waals surface area contributed by atoms with Crippen LogP contribution in [0.1, 0.15) is 0 Å². The minimum absolute atomic E-state index is 0.0280. The van der Waals surface area contributed by atoms with Crippen LogP contribution in [0.4, 0.5) is 10.5 Å². The van der Waals surface area contributed by atoms with Gasteiger partial charge in [0.25, 0.3) is 5.69 Å². The zero-order chi connectivity index (χ0) is 22.1. The standard InChI is InChI=1S/C17H15Cl2N3O7S/c18-11-1-3-13(19)15(9-11)29-14-4-2-12(22(25)26)10-16(14)30(27,28)21-7-5-20(6-8-21)17(23)24/h1-4,9-10H,5-8H2,(H,23,24). The van der Waals surface area contributed by atoms with E-state index in [1.54, 1.807) is 0 Å². The molecule has 1 N–H and O–H groups in total. The first-order valence-corrected chi connectivity index (χ1v) is 10.7. The highest BCUT2D eigenvalue weighted by Crippen LogP contribution is 2.37. The fourth-order valence-corrected chi connectivity index (χ4v) is 4.70. The lowest BCUT2D eigenvalue weighted by Gasteiger charge is -2.32. The molecule has 13 heteroatoms. The van der Waals surface area contributed by atoms with Crippen molar-refractivity contribution in [2.75, 3.05) is 26.2 Å².